The summed E-state index contributed by atoms with van der Waals surface area (Å²) in [7, 11) is 0. The van der Waals surface area contributed by atoms with Crippen molar-refractivity contribution in [2.24, 2.45) is 0 Å². The van der Waals surface area contributed by atoms with Crippen molar-refractivity contribution >= 4 is 40.2 Å². The topological polar surface area (TPSA) is 148 Å². The van der Waals surface area contributed by atoms with E-state index in [9.17, 15) is 14.0 Å². The molecule has 2 amide bonds. The number of amides is 2. The lowest BCUT2D eigenvalue weighted by Gasteiger charge is -2.41. The molecule has 0 atom stereocenters. The van der Waals surface area contributed by atoms with E-state index in [0.29, 0.717) is 59.6 Å². The van der Waals surface area contributed by atoms with Crippen LogP contribution in [0.2, 0.25) is 0 Å². The Morgan fingerprint density at radius 3 is 2.56 bits per heavy atom. The third-order valence-electron chi connectivity index (χ3n) is 7.22. The molecular weight excluding hydrogens is 551 g/mol. The maximum absolute atomic E-state index is 14.1. The highest BCUT2D eigenvalue weighted by Crippen LogP contribution is 2.32. The number of piperidine rings is 1. The average molecular weight is 587 g/mol. The Morgan fingerprint density at radius 2 is 1.84 bits per heavy atom. The van der Waals surface area contributed by atoms with Crippen molar-refractivity contribution in [2.45, 2.75) is 58.6 Å². The summed E-state index contributed by atoms with van der Waals surface area (Å²) in [4.78, 5) is 45.6. The highest BCUT2D eigenvalue weighted by molar-refractivity contribution is 6.07. The van der Waals surface area contributed by atoms with Crippen LogP contribution in [-0.4, -0.2) is 56.2 Å². The summed E-state index contributed by atoms with van der Waals surface area (Å²) in [6.07, 6.45) is 3.92. The highest BCUT2D eigenvalue weighted by Gasteiger charge is 2.34. The number of benzene rings is 1. The molecule has 0 saturated carbocycles. The van der Waals surface area contributed by atoms with E-state index in [-0.39, 0.29) is 11.5 Å². The molecule has 12 heteroatoms. The van der Waals surface area contributed by atoms with Crippen LogP contribution in [0.1, 0.15) is 56.7 Å². The van der Waals surface area contributed by atoms with Gasteiger partial charge >= 0.3 is 6.09 Å². The molecule has 11 nitrogen and oxygen atoms in total. The number of aromatic nitrogens is 4. The monoisotopic (exact) mass is 586 g/mol. The number of pyridine rings is 2. The first kappa shape index (κ1) is 29.6. The van der Waals surface area contributed by atoms with Crippen LogP contribution in [0.4, 0.5) is 26.5 Å². The van der Waals surface area contributed by atoms with Crippen molar-refractivity contribution in [3.8, 4) is 11.3 Å². The summed E-state index contributed by atoms with van der Waals surface area (Å²) >= 11 is 0. The van der Waals surface area contributed by atoms with Crippen LogP contribution >= 0.6 is 0 Å². The van der Waals surface area contributed by atoms with Gasteiger partial charge in [-0.1, -0.05) is 0 Å². The van der Waals surface area contributed by atoms with Gasteiger partial charge in [0.15, 0.2) is 17.3 Å². The van der Waals surface area contributed by atoms with Gasteiger partial charge in [0.2, 0.25) is 0 Å². The van der Waals surface area contributed by atoms with Gasteiger partial charge in [-0.3, -0.25) is 9.78 Å². The number of carbonyl (C=O) groups excluding carboxylic acids is 2. The van der Waals surface area contributed by atoms with Gasteiger partial charge in [-0.2, -0.15) is 0 Å². The minimum Gasteiger partial charge on any atom is -0.444 e. The minimum atomic E-state index is -0.583. The lowest BCUT2D eigenvalue weighted by molar-refractivity contribution is 0.0448. The van der Waals surface area contributed by atoms with Crippen LogP contribution in [-0.2, 0) is 4.74 Å². The predicted octanol–water partition coefficient (Wildman–Crippen LogP) is 5.25. The number of nitrogens with zero attached hydrogens (tertiary/aromatic N) is 5. The fraction of sp³-hybridized carbons (Fsp3) is 0.355. The van der Waals surface area contributed by atoms with Gasteiger partial charge in [0.1, 0.15) is 11.4 Å². The largest absolute Gasteiger partial charge is 0.444 e. The van der Waals surface area contributed by atoms with Gasteiger partial charge in [0.05, 0.1) is 23.1 Å². The van der Waals surface area contributed by atoms with Crippen molar-refractivity contribution in [3.63, 3.8) is 0 Å². The molecule has 3 aromatic heterocycles. The Hall–Kier alpha value is -4.87. The minimum absolute atomic E-state index is 0.0537. The van der Waals surface area contributed by atoms with Crippen LogP contribution in [0, 0.1) is 12.7 Å². The van der Waals surface area contributed by atoms with Crippen LogP contribution in [0.5, 0.6) is 0 Å². The molecule has 4 aromatic rings. The van der Waals surface area contributed by atoms with Crippen molar-refractivity contribution < 1.29 is 18.7 Å². The first-order valence-corrected chi connectivity index (χ1v) is 14.0. The smallest absolute Gasteiger partial charge is 0.408 e. The Labute approximate surface area is 249 Å². The van der Waals surface area contributed by atoms with Gasteiger partial charge < -0.3 is 26.0 Å². The Kier molecular flexibility index (Phi) is 7.87. The second kappa shape index (κ2) is 11.4. The first-order chi connectivity index (χ1) is 20.3. The van der Waals surface area contributed by atoms with Gasteiger partial charge in [-0.25, -0.2) is 24.1 Å². The van der Waals surface area contributed by atoms with Crippen molar-refractivity contribution in [3.05, 3.63) is 66.0 Å². The van der Waals surface area contributed by atoms with E-state index in [1.54, 1.807) is 24.4 Å². The van der Waals surface area contributed by atoms with Crippen LogP contribution in [0.25, 0.3) is 22.2 Å². The van der Waals surface area contributed by atoms with Crippen LogP contribution < -0.4 is 21.3 Å². The molecule has 1 aliphatic rings. The molecule has 1 aromatic carbocycles. The molecular formula is C31H35FN8O3. The third kappa shape index (κ3) is 6.79. The third-order valence-corrected chi connectivity index (χ3v) is 7.22. The SMILES string of the molecule is Cc1cc(-c2cnc(N)c(C(=O)Nc3ncccc3N3CCC(C)(NC(=O)OC(C)(C)C)CC3)n2)c2cc(F)ccc2n1. The second-order valence-corrected chi connectivity index (χ2v) is 12.0. The van der Waals surface area contributed by atoms with Crippen molar-refractivity contribution in [1.82, 2.24) is 25.3 Å². The molecule has 0 radical (unpaired) electrons. The number of nitrogen functional groups attached to an aromatic ring is 1. The molecule has 0 aliphatic carbocycles. The van der Waals surface area contributed by atoms with Crippen LogP contribution in [0.15, 0.2) is 48.8 Å². The normalized spacial score (nSPS) is 14.8. The molecule has 0 spiro atoms. The quantitative estimate of drug-likeness (QED) is 0.285. The number of carbonyl (C=O) groups is 2. The van der Waals surface area contributed by atoms with Crippen molar-refractivity contribution in [1.29, 1.82) is 0 Å². The summed E-state index contributed by atoms with van der Waals surface area (Å²) in [6, 6.07) is 9.75. The number of anilines is 3. The summed E-state index contributed by atoms with van der Waals surface area (Å²) in [5, 5.41) is 6.39. The Balaban J connectivity index is 1.35. The van der Waals surface area contributed by atoms with E-state index < -0.39 is 29.0 Å². The standard InChI is InChI=1S/C31H35FN8O3/c1-18-15-20(21-16-19(32)8-9-22(21)36-18)23-17-35-26(33)25(37-23)28(41)38-27-24(7-6-12-34-27)40-13-10-31(5,11-14-40)39-29(42)43-30(2,3)4/h6-9,12,15-17H,10-11,13-14H2,1-5H3,(H2,33,35)(H,39,42)(H,34,38,41). The summed E-state index contributed by atoms with van der Waals surface area (Å²) in [6.45, 7) is 10.5. The molecule has 0 bridgehead atoms. The molecule has 4 heterocycles. The van der Waals surface area contributed by atoms with Gasteiger partial charge in [-0.05, 0) is 83.9 Å². The number of hydrogen-bond donors (Lipinski definition) is 3. The molecule has 1 aliphatic heterocycles. The van der Waals surface area contributed by atoms with Gasteiger partial charge in [-0.15, -0.1) is 0 Å². The number of nitrogens with two attached hydrogens (primary N) is 1. The number of alkyl carbamates (subject to hydrolysis) is 1. The number of aryl methyl sites for hydroxylation is 1. The van der Waals surface area contributed by atoms with E-state index in [0.717, 1.165) is 5.69 Å². The first-order valence-electron chi connectivity index (χ1n) is 14.0. The predicted molar refractivity (Wildman–Crippen MR) is 163 cm³/mol. The lowest BCUT2D eigenvalue weighted by atomic mass is 9.89. The molecule has 1 saturated heterocycles. The van der Waals surface area contributed by atoms with E-state index in [2.05, 4.69) is 35.5 Å². The fourth-order valence-corrected chi connectivity index (χ4v) is 5.07. The second-order valence-electron chi connectivity index (χ2n) is 12.0. The maximum Gasteiger partial charge on any atom is 0.408 e. The van der Waals surface area contributed by atoms with Gasteiger partial charge in [0, 0.05) is 41.5 Å². The molecule has 43 heavy (non-hydrogen) atoms. The number of fused-ring (bicyclic) bond motifs is 1. The van der Waals surface area contributed by atoms with Gasteiger partial charge in [0.25, 0.3) is 5.91 Å². The zero-order chi connectivity index (χ0) is 30.9. The van der Waals surface area contributed by atoms with E-state index in [1.807, 2.05) is 40.7 Å². The number of ether oxygens (including phenoxy) is 1. The molecule has 5 rings (SSSR count). The van der Waals surface area contributed by atoms with Crippen LogP contribution in [0.3, 0.4) is 0 Å². The Morgan fingerprint density at radius 1 is 1.09 bits per heavy atom. The summed E-state index contributed by atoms with van der Waals surface area (Å²) in [5.41, 5.74) is 7.96. The number of nitrogens with one attached hydrogen (secondary N) is 2. The number of rotatable bonds is 5. The zero-order valence-corrected chi connectivity index (χ0v) is 24.9. The Bertz CT molecular complexity index is 1700. The molecule has 0 unspecified atom stereocenters. The summed E-state index contributed by atoms with van der Waals surface area (Å²) in [5.74, 6) is -0.708. The maximum atomic E-state index is 14.1. The zero-order valence-electron chi connectivity index (χ0n) is 24.9. The lowest BCUT2D eigenvalue weighted by Crippen LogP contribution is -2.54. The fourth-order valence-electron chi connectivity index (χ4n) is 5.07. The molecule has 4 N–H and O–H groups in total. The molecule has 1 fully saturated rings. The highest BCUT2D eigenvalue weighted by atomic mass is 19.1. The number of halogens is 1. The number of hydrogen-bond acceptors (Lipinski definition) is 9. The summed E-state index contributed by atoms with van der Waals surface area (Å²) < 4.78 is 19.6. The molecule has 224 valence electrons. The average Bonchev–Trinajstić information content (AvgIpc) is 2.93. The van der Waals surface area contributed by atoms with E-state index >= 15 is 0 Å². The van der Waals surface area contributed by atoms with E-state index in [4.69, 9.17) is 10.5 Å². The van der Waals surface area contributed by atoms with E-state index in [1.165, 1.54) is 18.3 Å². The van der Waals surface area contributed by atoms with Crippen molar-refractivity contribution in [2.75, 3.05) is 29.0 Å².